The quantitative estimate of drug-likeness (QED) is 0.731. The van der Waals surface area contributed by atoms with Gasteiger partial charge in [0.05, 0.1) is 17.9 Å². The predicted octanol–water partition coefficient (Wildman–Crippen LogP) is -1.00. The first-order chi connectivity index (χ1) is 10.5. The van der Waals surface area contributed by atoms with Gasteiger partial charge < -0.3 is 15.2 Å². The van der Waals surface area contributed by atoms with Gasteiger partial charge in [-0.15, -0.1) is 5.10 Å². The molecule has 0 fully saturated rings. The largest absolute Gasteiger partial charge is 0.548 e. The minimum atomic E-state index is -1.40. The first kappa shape index (κ1) is 15.6. The van der Waals surface area contributed by atoms with Crippen LogP contribution in [0, 0.1) is 0 Å². The van der Waals surface area contributed by atoms with Crippen LogP contribution in [0.5, 0.6) is 0 Å². The summed E-state index contributed by atoms with van der Waals surface area (Å²) in [5.41, 5.74) is 0.00166. The fraction of sp³-hybridized carbons (Fsp3) is 0.357. The van der Waals surface area contributed by atoms with Gasteiger partial charge in [0.1, 0.15) is 11.6 Å². The maximum absolute atomic E-state index is 12.4. The van der Waals surface area contributed by atoms with Crippen LogP contribution < -0.4 is 16.0 Å². The molecule has 8 heteroatoms. The van der Waals surface area contributed by atoms with Crippen LogP contribution in [0.3, 0.4) is 0 Å². The van der Waals surface area contributed by atoms with E-state index in [1.165, 1.54) is 0 Å². The molecule has 0 radical (unpaired) electrons. The van der Waals surface area contributed by atoms with Gasteiger partial charge in [0.15, 0.2) is 0 Å². The maximum atomic E-state index is 12.4. The van der Waals surface area contributed by atoms with Gasteiger partial charge in [-0.3, -0.25) is 9.59 Å². The highest BCUT2D eigenvalue weighted by Gasteiger charge is 2.22. The highest BCUT2D eigenvalue weighted by atomic mass is 16.4. The van der Waals surface area contributed by atoms with Gasteiger partial charge in [-0.25, -0.2) is 0 Å². The normalized spacial score (nSPS) is 12.0. The van der Waals surface area contributed by atoms with Crippen molar-refractivity contribution in [1.29, 1.82) is 0 Å². The number of nitrogens with one attached hydrogen (secondary N) is 1. The third kappa shape index (κ3) is 3.27. The number of carboxylic acids is 1. The van der Waals surface area contributed by atoms with Crippen molar-refractivity contribution in [3.63, 3.8) is 0 Å². The van der Waals surface area contributed by atoms with Crippen molar-refractivity contribution < 1.29 is 14.7 Å². The third-order valence-electron chi connectivity index (χ3n) is 3.16. The van der Waals surface area contributed by atoms with E-state index in [1.54, 1.807) is 24.3 Å². The number of carboxylic acid groups (broad SMARTS) is 1. The second kappa shape index (κ2) is 6.79. The molecule has 1 N–H and O–H groups in total. The SMILES string of the molecule is CCC[C@H](C(=O)NCC(=O)[O-])n1nnc2ccccc2c1=O. The number of nitrogens with zero attached hydrogens (tertiary/aromatic N) is 3. The lowest BCUT2D eigenvalue weighted by atomic mass is 10.1. The Bertz CT molecular complexity index is 756. The van der Waals surface area contributed by atoms with Gasteiger partial charge in [-0.2, -0.15) is 4.68 Å². The molecule has 0 saturated heterocycles. The lowest BCUT2D eigenvalue weighted by Crippen LogP contribution is -2.43. The average molecular weight is 303 g/mol. The molecule has 1 aromatic heterocycles. The number of aromatic nitrogens is 3. The molecule has 0 aliphatic carbocycles. The molecule has 22 heavy (non-hydrogen) atoms. The zero-order valence-corrected chi connectivity index (χ0v) is 12.0. The van der Waals surface area contributed by atoms with Crippen LogP contribution in [0.2, 0.25) is 0 Å². The van der Waals surface area contributed by atoms with E-state index in [0.717, 1.165) is 4.68 Å². The van der Waals surface area contributed by atoms with Gasteiger partial charge in [0.2, 0.25) is 5.91 Å². The molecule has 2 rings (SSSR count). The molecule has 1 atom stereocenters. The summed E-state index contributed by atoms with van der Waals surface area (Å²) in [5.74, 6) is -2.00. The highest BCUT2D eigenvalue weighted by Crippen LogP contribution is 2.12. The van der Waals surface area contributed by atoms with E-state index in [4.69, 9.17) is 0 Å². The fourth-order valence-corrected chi connectivity index (χ4v) is 2.12. The maximum Gasteiger partial charge on any atom is 0.278 e. The topological polar surface area (TPSA) is 117 Å². The zero-order valence-electron chi connectivity index (χ0n) is 12.0. The van der Waals surface area contributed by atoms with Crippen molar-refractivity contribution in [1.82, 2.24) is 20.3 Å². The van der Waals surface area contributed by atoms with Crippen LogP contribution >= 0.6 is 0 Å². The summed E-state index contributed by atoms with van der Waals surface area (Å²) in [7, 11) is 0. The van der Waals surface area contributed by atoms with Crippen molar-refractivity contribution in [2.75, 3.05) is 6.54 Å². The van der Waals surface area contributed by atoms with Crippen LogP contribution in [0.25, 0.3) is 10.9 Å². The van der Waals surface area contributed by atoms with Crippen molar-refractivity contribution in [2.24, 2.45) is 0 Å². The molecular weight excluding hydrogens is 288 g/mol. The second-order valence-corrected chi connectivity index (χ2v) is 4.75. The highest BCUT2D eigenvalue weighted by molar-refractivity contribution is 5.84. The molecule has 116 valence electrons. The molecule has 1 aromatic carbocycles. The number of carbonyl (C=O) groups is 2. The van der Waals surface area contributed by atoms with Crippen LogP contribution in [0.4, 0.5) is 0 Å². The lowest BCUT2D eigenvalue weighted by molar-refractivity contribution is -0.304. The first-order valence-electron chi connectivity index (χ1n) is 6.86. The molecular formula is C14H15N4O4-. The van der Waals surface area contributed by atoms with E-state index < -0.39 is 30.0 Å². The van der Waals surface area contributed by atoms with Crippen molar-refractivity contribution in [3.05, 3.63) is 34.6 Å². The number of fused-ring (bicyclic) bond motifs is 1. The van der Waals surface area contributed by atoms with Crippen LogP contribution in [0.15, 0.2) is 29.1 Å². The zero-order chi connectivity index (χ0) is 16.1. The standard InChI is InChI=1S/C14H16N4O4/c1-2-5-11(13(21)15-8-12(19)20)18-14(22)9-6-3-4-7-10(9)16-17-18/h3-4,6-7,11H,2,5,8H2,1H3,(H,15,21)(H,19,20)/p-1/t11-/m1/s1. The Morgan fingerprint density at radius 1 is 1.36 bits per heavy atom. The van der Waals surface area contributed by atoms with Crippen molar-refractivity contribution >= 4 is 22.8 Å². The first-order valence-corrected chi connectivity index (χ1v) is 6.86. The molecule has 0 unspecified atom stereocenters. The van der Waals surface area contributed by atoms with E-state index in [-0.39, 0.29) is 0 Å². The average Bonchev–Trinajstić information content (AvgIpc) is 2.51. The molecule has 1 amide bonds. The minimum absolute atomic E-state index is 0.339. The number of rotatable bonds is 6. The number of hydrogen-bond donors (Lipinski definition) is 1. The number of carbonyl (C=O) groups excluding carboxylic acids is 2. The Morgan fingerprint density at radius 3 is 2.77 bits per heavy atom. The van der Waals surface area contributed by atoms with E-state index in [0.29, 0.717) is 23.7 Å². The Hall–Kier alpha value is -2.77. The van der Waals surface area contributed by atoms with E-state index in [2.05, 4.69) is 15.6 Å². The second-order valence-electron chi connectivity index (χ2n) is 4.75. The van der Waals surface area contributed by atoms with Gasteiger partial charge >= 0.3 is 0 Å². The van der Waals surface area contributed by atoms with Crippen LogP contribution in [0.1, 0.15) is 25.8 Å². The Morgan fingerprint density at radius 2 is 2.09 bits per heavy atom. The molecule has 0 aliphatic heterocycles. The molecule has 0 saturated carbocycles. The van der Waals surface area contributed by atoms with E-state index in [1.807, 2.05) is 6.92 Å². The van der Waals surface area contributed by atoms with Gasteiger partial charge in [0, 0.05) is 0 Å². The number of benzene rings is 1. The Kier molecular flexibility index (Phi) is 4.82. The molecule has 8 nitrogen and oxygen atoms in total. The van der Waals surface area contributed by atoms with Crippen LogP contribution in [-0.2, 0) is 9.59 Å². The summed E-state index contributed by atoms with van der Waals surface area (Å²) in [5, 5.41) is 20.7. The monoisotopic (exact) mass is 303 g/mol. The fourth-order valence-electron chi connectivity index (χ4n) is 2.12. The lowest BCUT2D eigenvalue weighted by Gasteiger charge is -2.17. The molecule has 0 spiro atoms. The molecule has 0 bridgehead atoms. The molecule has 2 aromatic rings. The summed E-state index contributed by atoms with van der Waals surface area (Å²) in [6.07, 6.45) is 0.955. The summed E-state index contributed by atoms with van der Waals surface area (Å²) >= 11 is 0. The smallest absolute Gasteiger partial charge is 0.278 e. The summed E-state index contributed by atoms with van der Waals surface area (Å²) in [4.78, 5) is 35.0. The van der Waals surface area contributed by atoms with Gasteiger partial charge in [0.25, 0.3) is 5.56 Å². The molecule has 1 heterocycles. The third-order valence-corrected chi connectivity index (χ3v) is 3.16. The molecule has 0 aliphatic rings. The minimum Gasteiger partial charge on any atom is -0.548 e. The van der Waals surface area contributed by atoms with E-state index >= 15 is 0 Å². The summed E-state index contributed by atoms with van der Waals surface area (Å²) < 4.78 is 0.996. The van der Waals surface area contributed by atoms with E-state index in [9.17, 15) is 19.5 Å². The van der Waals surface area contributed by atoms with Crippen molar-refractivity contribution in [3.8, 4) is 0 Å². The van der Waals surface area contributed by atoms with Gasteiger partial charge in [-0.1, -0.05) is 30.7 Å². The predicted molar refractivity (Wildman–Crippen MR) is 75.8 cm³/mol. The van der Waals surface area contributed by atoms with Gasteiger partial charge in [-0.05, 0) is 18.6 Å². The number of aliphatic carboxylic acids is 1. The Labute approximate surface area is 125 Å². The number of hydrogen-bond acceptors (Lipinski definition) is 6. The van der Waals surface area contributed by atoms with Crippen molar-refractivity contribution in [2.45, 2.75) is 25.8 Å². The Balaban J connectivity index is 2.40. The number of amides is 1. The summed E-state index contributed by atoms with van der Waals surface area (Å²) in [6, 6.07) is 5.77. The summed E-state index contributed by atoms with van der Waals surface area (Å²) in [6.45, 7) is 1.23. The van der Waals surface area contributed by atoms with Crippen LogP contribution in [-0.4, -0.2) is 33.4 Å².